The molecule has 0 bridgehead atoms. The highest BCUT2D eigenvalue weighted by molar-refractivity contribution is 9.09. The number of hydrogen-bond donors (Lipinski definition) is 0. The first-order valence-electron chi connectivity index (χ1n) is 5.21. The van der Waals surface area contributed by atoms with Crippen LogP contribution in [-0.2, 0) is 4.74 Å². The lowest BCUT2D eigenvalue weighted by molar-refractivity contribution is 0.00322. The van der Waals surface area contributed by atoms with Crippen LogP contribution in [0.15, 0.2) is 0 Å². The Morgan fingerprint density at radius 1 is 1.23 bits per heavy atom. The van der Waals surface area contributed by atoms with E-state index in [4.69, 9.17) is 4.74 Å². The van der Waals surface area contributed by atoms with Gasteiger partial charge in [-0.15, -0.1) is 0 Å². The maximum atomic E-state index is 5.35. The summed E-state index contributed by atoms with van der Waals surface area (Å²) in [6.45, 7) is 5.40. The van der Waals surface area contributed by atoms with Gasteiger partial charge in [-0.1, -0.05) is 22.4 Å². The van der Waals surface area contributed by atoms with Crippen molar-refractivity contribution in [2.45, 2.75) is 19.3 Å². The molecule has 2 aliphatic rings. The van der Waals surface area contributed by atoms with E-state index in [1.807, 2.05) is 0 Å². The molecule has 0 spiro atoms. The molecule has 13 heavy (non-hydrogen) atoms. The molecule has 2 nitrogen and oxygen atoms in total. The fraction of sp³-hybridized carbons (Fsp3) is 1.00. The van der Waals surface area contributed by atoms with Crippen LogP contribution >= 0.6 is 15.9 Å². The largest absolute Gasteiger partial charge is 0.379 e. The predicted molar refractivity (Wildman–Crippen MR) is 57.3 cm³/mol. The molecular weight excluding hydrogens is 230 g/mol. The maximum absolute atomic E-state index is 5.35. The van der Waals surface area contributed by atoms with E-state index in [-0.39, 0.29) is 0 Å². The lowest BCUT2D eigenvalue weighted by atomic mass is 9.70. The lowest BCUT2D eigenvalue weighted by Gasteiger charge is -2.44. The van der Waals surface area contributed by atoms with Gasteiger partial charge in [0.05, 0.1) is 13.2 Å². The average molecular weight is 248 g/mol. The predicted octanol–water partition coefficient (Wildman–Crippen LogP) is 1.88. The molecule has 3 heteroatoms. The Bertz CT molecular complexity index is 159. The molecular formula is C10H18BrNO. The summed E-state index contributed by atoms with van der Waals surface area (Å²) in [7, 11) is 0. The molecule has 0 atom stereocenters. The lowest BCUT2D eigenvalue weighted by Crippen LogP contribution is -2.47. The monoisotopic (exact) mass is 247 g/mol. The van der Waals surface area contributed by atoms with Gasteiger partial charge in [0.15, 0.2) is 0 Å². The SMILES string of the molecule is BrCC1(CN2CCOCC2)CCC1. The van der Waals surface area contributed by atoms with Crippen molar-refractivity contribution in [1.29, 1.82) is 0 Å². The van der Waals surface area contributed by atoms with Crippen molar-refractivity contribution in [3.63, 3.8) is 0 Å². The van der Waals surface area contributed by atoms with Crippen molar-refractivity contribution in [2.75, 3.05) is 38.2 Å². The first-order valence-corrected chi connectivity index (χ1v) is 6.33. The number of nitrogens with zero attached hydrogens (tertiary/aromatic N) is 1. The highest BCUT2D eigenvalue weighted by Crippen LogP contribution is 2.42. The van der Waals surface area contributed by atoms with Gasteiger partial charge in [-0.05, 0) is 18.3 Å². The summed E-state index contributed by atoms with van der Waals surface area (Å²) >= 11 is 3.65. The summed E-state index contributed by atoms with van der Waals surface area (Å²) < 4.78 is 5.35. The summed E-state index contributed by atoms with van der Waals surface area (Å²) in [5.41, 5.74) is 0.608. The Kier molecular flexibility index (Phi) is 3.27. The molecule has 0 N–H and O–H groups in total. The second-order valence-electron chi connectivity index (χ2n) is 4.38. The Morgan fingerprint density at radius 3 is 2.38 bits per heavy atom. The minimum absolute atomic E-state index is 0.608. The minimum Gasteiger partial charge on any atom is -0.379 e. The number of ether oxygens (including phenoxy) is 1. The molecule has 0 amide bonds. The van der Waals surface area contributed by atoms with Gasteiger partial charge in [0.1, 0.15) is 0 Å². The summed E-state index contributed by atoms with van der Waals surface area (Å²) in [4.78, 5) is 2.56. The summed E-state index contributed by atoms with van der Waals surface area (Å²) in [5.74, 6) is 0. The molecule has 1 aliphatic heterocycles. The van der Waals surface area contributed by atoms with Crippen LogP contribution in [0.3, 0.4) is 0 Å². The standard InChI is InChI=1S/C10H18BrNO/c11-8-10(2-1-3-10)9-12-4-6-13-7-5-12/h1-9H2. The van der Waals surface area contributed by atoms with Crippen molar-refractivity contribution in [2.24, 2.45) is 5.41 Å². The van der Waals surface area contributed by atoms with Crippen molar-refractivity contribution in [3.8, 4) is 0 Å². The normalized spacial score (nSPS) is 28.4. The fourth-order valence-electron chi connectivity index (χ4n) is 2.24. The molecule has 0 aromatic carbocycles. The van der Waals surface area contributed by atoms with Crippen LogP contribution in [0.1, 0.15) is 19.3 Å². The third-order valence-electron chi connectivity index (χ3n) is 3.36. The van der Waals surface area contributed by atoms with E-state index in [2.05, 4.69) is 20.8 Å². The van der Waals surface area contributed by atoms with Crippen LogP contribution in [0.25, 0.3) is 0 Å². The Hall–Kier alpha value is 0.400. The van der Waals surface area contributed by atoms with Gasteiger partial charge >= 0.3 is 0 Å². The molecule has 1 heterocycles. The topological polar surface area (TPSA) is 12.5 Å². The van der Waals surface area contributed by atoms with Crippen LogP contribution in [0.2, 0.25) is 0 Å². The molecule has 0 radical (unpaired) electrons. The number of alkyl halides is 1. The summed E-state index contributed by atoms with van der Waals surface area (Å²) in [6.07, 6.45) is 4.25. The van der Waals surface area contributed by atoms with Crippen molar-refractivity contribution in [1.82, 2.24) is 4.90 Å². The zero-order valence-electron chi connectivity index (χ0n) is 8.10. The number of halogens is 1. The number of hydrogen-bond acceptors (Lipinski definition) is 2. The van der Waals surface area contributed by atoms with E-state index in [0.717, 1.165) is 26.3 Å². The van der Waals surface area contributed by atoms with Crippen molar-refractivity contribution in [3.05, 3.63) is 0 Å². The Balaban J connectivity index is 1.81. The molecule has 1 saturated heterocycles. The van der Waals surface area contributed by atoms with E-state index < -0.39 is 0 Å². The van der Waals surface area contributed by atoms with Gasteiger partial charge < -0.3 is 4.74 Å². The minimum atomic E-state index is 0.608. The van der Waals surface area contributed by atoms with Gasteiger partial charge in [0.25, 0.3) is 0 Å². The third kappa shape index (κ3) is 2.25. The molecule has 2 fully saturated rings. The molecule has 0 aromatic rings. The molecule has 76 valence electrons. The van der Waals surface area contributed by atoms with Gasteiger partial charge in [0, 0.05) is 25.0 Å². The molecule has 2 rings (SSSR count). The second kappa shape index (κ2) is 4.28. The summed E-state index contributed by atoms with van der Waals surface area (Å²) in [5, 5.41) is 1.18. The highest BCUT2D eigenvalue weighted by atomic mass is 79.9. The van der Waals surface area contributed by atoms with Crippen LogP contribution in [0.4, 0.5) is 0 Å². The molecule has 1 saturated carbocycles. The fourth-order valence-corrected chi connectivity index (χ4v) is 2.98. The van der Waals surface area contributed by atoms with Crippen LogP contribution in [0.5, 0.6) is 0 Å². The Morgan fingerprint density at radius 2 is 1.92 bits per heavy atom. The van der Waals surface area contributed by atoms with Gasteiger partial charge in [-0.2, -0.15) is 0 Å². The summed E-state index contributed by atoms with van der Waals surface area (Å²) in [6, 6.07) is 0. The van der Waals surface area contributed by atoms with E-state index >= 15 is 0 Å². The maximum Gasteiger partial charge on any atom is 0.0594 e. The first kappa shape index (κ1) is 9.94. The van der Waals surface area contributed by atoms with Crippen LogP contribution < -0.4 is 0 Å². The van der Waals surface area contributed by atoms with E-state index in [1.54, 1.807) is 0 Å². The van der Waals surface area contributed by atoms with Gasteiger partial charge in [-0.3, -0.25) is 4.90 Å². The third-order valence-corrected chi connectivity index (χ3v) is 4.55. The van der Waals surface area contributed by atoms with Crippen LogP contribution in [0, 0.1) is 5.41 Å². The first-order chi connectivity index (χ1) is 6.35. The molecule has 0 unspecified atom stereocenters. The quantitative estimate of drug-likeness (QED) is 0.707. The average Bonchev–Trinajstić information content (AvgIpc) is 2.13. The highest BCUT2D eigenvalue weighted by Gasteiger charge is 2.37. The zero-order chi connectivity index (χ0) is 9.15. The van der Waals surface area contributed by atoms with E-state index in [1.165, 1.54) is 31.1 Å². The van der Waals surface area contributed by atoms with Crippen LogP contribution in [-0.4, -0.2) is 43.1 Å². The Labute approximate surface area is 88.8 Å². The van der Waals surface area contributed by atoms with Gasteiger partial charge in [-0.25, -0.2) is 0 Å². The number of morpholine rings is 1. The second-order valence-corrected chi connectivity index (χ2v) is 4.94. The van der Waals surface area contributed by atoms with Crippen molar-refractivity contribution >= 4 is 15.9 Å². The molecule has 0 aromatic heterocycles. The van der Waals surface area contributed by atoms with Crippen molar-refractivity contribution < 1.29 is 4.74 Å². The smallest absolute Gasteiger partial charge is 0.0594 e. The van der Waals surface area contributed by atoms with E-state index in [0.29, 0.717) is 5.41 Å². The number of rotatable bonds is 3. The van der Waals surface area contributed by atoms with Gasteiger partial charge in [0.2, 0.25) is 0 Å². The van der Waals surface area contributed by atoms with E-state index in [9.17, 15) is 0 Å². The molecule has 1 aliphatic carbocycles. The zero-order valence-corrected chi connectivity index (χ0v) is 9.68.